The number of amides is 1. The van der Waals surface area contributed by atoms with Crippen LogP contribution >= 0.6 is 11.8 Å². The molecule has 3 rings (SSSR count). The van der Waals surface area contributed by atoms with Gasteiger partial charge in [-0.15, -0.1) is 0 Å². The number of carbonyl (C=O) groups is 1. The first-order chi connectivity index (χ1) is 14.2. The van der Waals surface area contributed by atoms with Gasteiger partial charge in [-0.05, 0) is 18.2 Å². The van der Waals surface area contributed by atoms with Crippen molar-refractivity contribution in [3.63, 3.8) is 0 Å². The lowest BCUT2D eigenvalue weighted by Gasteiger charge is -2.14. The zero-order valence-corrected chi connectivity index (χ0v) is 16.3. The third-order valence-corrected chi connectivity index (χ3v) is 5.08. The van der Waals surface area contributed by atoms with Gasteiger partial charge in [0.1, 0.15) is 0 Å². The first kappa shape index (κ1) is 21.4. The summed E-state index contributed by atoms with van der Waals surface area (Å²) in [7, 11) is 1.47. The van der Waals surface area contributed by atoms with Crippen LogP contribution in [0.5, 0.6) is 0 Å². The van der Waals surface area contributed by atoms with Gasteiger partial charge in [0.2, 0.25) is 5.91 Å². The van der Waals surface area contributed by atoms with Gasteiger partial charge in [0.15, 0.2) is 5.16 Å². The summed E-state index contributed by atoms with van der Waals surface area (Å²) in [6, 6.07) is 10.4. The summed E-state index contributed by atoms with van der Waals surface area (Å²) in [4.78, 5) is 26.4. The Labute approximate surface area is 173 Å². The molecule has 11 heteroatoms. The van der Waals surface area contributed by atoms with Crippen molar-refractivity contribution in [3.05, 3.63) is 70.4 Å². The average molecular weight is 436 g/mol. The molecule has 0 atom stereocenters. The summed E-state index contributed by atoms with van der Waals surface area (Å²) in [6.45, 7) is 0. The van der Waals surface area contributed by atoms with E-state index in [1.54, 1.807) is 6.07 Å². The summed E-state index contributed by atoms with van der Waals surface area (Å²) in [5.41, 5.74) is -0.0774. The second-order valence-electron chi connectivity index (χ2n) is 6.08. The van der Waals surface area contributed by atoms with Crippen molar-refractivity contribution in [2.75, 3.05) is 12.8 Å². The van der Waals surface area contributed by atoms with E-state index in [0.717, 1.165) is 23.9 Å². The average Bonchev–Trinajstić information content (AvgIpc) is 3.15. The van der Waals surface area contributed by atoms with Crippen LogP contribution in [-0.4, -0.2) is 33.2 Å². The number of nitrogens with zero attached hydrogens (tertiary/aromatic N) is 3. The van der Waals surface area contributed by atoms with Gasteiger partial charge in [0, 0.05) is 30.4 Å². The molecule has 0 saturated heterocycles. The number of thioether (sulfide) groups is 1. The van der Waals surface area contributed by atoms with Gasteiger partial charge in [-0.3, -0.25) is 19.5 Å². The van der Waals surface area contributed by atoms with E-state index in [1.807, 2.05) is 0 Å². The maximum Gasteiger partial charge on any atom is 0.416 e. The number of nitro groups is 1. The number of carbonyl (C=O) groups excluding carboxylic acids is 1. The van der Waals surface area contributed by atoms with Gasteiger partial charge in [0.05, 0.1) is 28.1 Å². The van der Waals surface area contributed by atoms with E-state index in [0.29, 0.717) is 11.3 Å². The highest BCUT2D eigenvalue weighted by Gasteiger charge is 2.31. The number of aromatic nitrogens is 2. The van der Waals surface area contributed by atoms with Gasteiger partial charge >= 0.3 is 6.18 Å². The number of rotatable bonds is 6. The van der Waals surface area contributed by atoms with Crippen LogP contribution in [0.1, 0.15) is 5.56 Å². The summed E-state index contributed by atoms with van der Waals surface area (Å²) < 4.78 is 41.1. The minimum absolute atomic E-state index is 0.000846. The molecule has 1 N–H and O–H groups in total. The number of benzene rings is 2. The molecule has 1 aromatic heterocycles. The lowest BCUT2D eigenvalue weighted by Crippen LogP contribution is -2.20. The number of hydrogen-bond donors (Lipinski definition) is 1. The fourth-order valence-electron chi connectivity index (χ4n) is 2.69. The highest BCUT2D eigenvalue weighted by molar-refractivity contribution is 7.99. The van der Waals surface area contributed by atoms with Crippen molar-refractivity contribution >= 4 is 23.4 Å². The maximum absolute atomic E-state index is 13.2. The van der Waals surface area contributed by atoms with E-state index in [-0.39, 0.29) is 28.2 Å². The number of nitrogens with one attached hydrogen (secondary N) is 1. The molecule has 30 heavy (non-hydrogen) atoms. The van der Waals surface area contributed by atoms with Gasteiger partial charge < -0.3 is 5.32 Å². The van der Waals surface area contributed by atoms with Gasteiger partial charge in [-0.1, -0.05) is 30.0 Å². The molecular formula is C19H15F3N4O3S. The minimum atomic E-state index is -4.54. The molecule has 1 amide bonds. The molecule has 0 saturated carbocycles. The van der Waals surface area contributed by atoms with Crippen LogP contribution in [0.25, 0.3) is 16.9 Å². The Balaban J connectivity index is 2.15. The molecular weight excluding hydrogens is 421 g/mol. The van der Waals surface area contributed by atoms with Gasteiger partial charge in [-0.2, -0.15) is 13.2 Å². The molecule has 0 aliphatic carbocycles. The number of nitro benzene ring substituents is 1. The standard InChI is InChI=1S/C19H15F3N4O3S/c1-23-17(27)11-30-18-24-10-16(12-4-2-7-15(8-12)26(28)29)25(18)14-6-3-5-13(9-14)19(20,21)22/h2-10H,11H2,1H3,(H,23,27). The number of non-ortho nitro benzene ring substituents is 1. The van der Waals surface area contributed by atoms with Crippen molar-refractivity contribution in [1.29, 1.82) is 0 Å². The Morgan fingerprint density at radius 1 is 1.23 bits per heavy atom. The van der Waals surface area contributed by atoms with E-state index >= 15 is 0 Å². The smallest absolute Gasteiger partial charge is 0.358 e. The molecule has 0 aliphatic rings. The molecule has 2 aromatic carbocycles. The van der Waals surface area contributed by atoms with E-state index in [2.05, 4.69) is 10.3 Å². The monoisotopic (exact) mass is 436 g/mol. The zero-order chi connectivity index (χ0) is 21.9. The first-order valence-electron chi connectivity index (χ1n) is 8.54. The maximum atomic E-state index is 13.2. The number of alkyl halides is 3. The van der Waals surface area contributed by atoms with Crippen LogP contribution in [0, 0.1) is 10.1 Å². The topological polar surface area (TPSA) is 90.1 Å². The zero-order valence-electron chi connectivity index (χ0n) is 15.5. The molecule has 3 aromatic rings. The Morgan fingerprint density at radius 3 is 2.63 bits per heavy atom. The Hall–Kier alpha value is -3.34. The molecule has 156 valence electrons. The van der Waals surface area contributed by atoms with Crippen molar-refractivity contribution in [2.24, 2.45) is 0 Å². The lowest BCUT2D eigenvalue weighted by molar-refractivity contribution is -0.384. The van der Waals surface area contributed by atoms with E-state index in [1.165, 1.54) is 48.1 Å². The molecule has 7 nitrogen and oxygen atoms in total. The second-order valence-corrected chi connectivity index (χ2v) is 7.02. The molecule has 0 radical (unpaired) electrons. The van der Waals surface area contributed by atoms with Crippen molar-refractivity contribution < 1.29 is 22.9 Å². The predicted octanol–water partition coefficient (Wildman–Crippen LogP) is 4.30. The molecule has 0 bridgehead atoms. The van der Waals surface area contributed by atoms with E-state index in [4.69, 9.17) is 0 Å². The molecule has 1 heterocycles. The third-order valence-electron chi connectivity index (χ3n) is 4.13. The summed E-state index contributed by atoms with van der Waals surface area (Å²) in [6.07, 6.45) is -3.14. The highest BCUT2D eigenvalue weighted by Crippen LogP contribution is 2.34. The SMILES string of the molecule is CNC(=O)CSc1ncc(-c2cccc([N+](=O)[O-])c2)n1-c1cccc(C(F)(F)F)c1. The van der Waals surface area contributed by atoms with Crippen molar-refractivity contribution in [3.8, 4) is 16.9 Å². The lowest BCUT2D eigenvalue weighted by atomic mass is 10.1. The predicted molar refractivity (Wildman–Crippen MR) is 105 cm³/mol. The van der Waals surface area contributed by atoms with Crippen LogP contribution < -0.4 is 5.32 Å². The summed E-state index contributed by atoms with van der Waals surface area (Å²) in [5.74, 6) is -0.281. The Bertz CT molecular complexity index is 1100. The van der Waals surface area contributed by atoms with Crippen molar-refractivity contribution in [1.82, 2.24) is 14.9 Å². The summed E-state index contributed by atoms with van der Waals surface area (Å²) in [5, 5.41) is 13.9. The van der Waals surface area contributed by atoms with E-state index < -0.39 is 16.7 Å². The highest BCUT2D eigenvalue weighted by atomic mass is 32.2. The normalized spacial score (nSPS) is 11.3. The second kappa shape index (κ2) is 8.57. The molecule has 0 aliphatic heterocycles. The third kappa shape index (κ3) is 4.62. The fourth-order valence-corrected chi connectivity index (χ4v) is 3.56. The number of hydrogen-bond acceptors (Lipinski definition) is 5. The molecule has 0 unspecified atom stereocenters. The van der Waals surface area contributed by atoms with E-state index in [9.17, 15) is 28.1 Å². The van der Waals surface area contributed by atoms with Gasteiger partial charge in [-0.25, -0.2) is 4.98 Å². The number of imidazole rings is 1. The van der Waals surface area contributed by atoms with Crippen LogP contribution in [0.4, 0.5) is 18.9 Å². The molecule has 0 spiro atoms. The Kier molecular flexibility index (Phi) is 6.11. The summed E-state index contributed by atoms with van der Waals surface area (Å²) >= 11 is 1.04. The van der Waals surface area contributed by atoms with Crippen LogP contribution in [0.2, 0.25) is 0 Å². The minimum Gasteiger partial charge on any atom is -0.358 e. The van der Waals surface area contributed by atoms with Crippen molar-refractivity contribution in [2.45, 2.75) is 11.3 Å². The van der Waals surface area contributed by atoms with Crippen LogP contribution in [-0.2, 0) is 11.0 Å². The largest absolute Gasteiger partial charge is 0.416 e. The van der Waals surface area contributed by atoms with Crippen LogP contribution in [0.15, 0.2) is 59.9 Å². The molecule has 0 fully saturated rings. The van der Waals surface area contributed by atoms with Crippen LogP contribution in [0.3, 0.4) is 0 Å². The fraction of sp³-hybridized carbons (Fsp3) is 0.158. The number of halogens is 3. The quantitative estimate of drug-likeness (QED) is 0.353. The van der Waals surface area contributed by atoms with Gasteiger partial charge in [0.25, 0.3) is 5.69 Å². The first-order valence-corrected chi connectivity index (χ1v) is 9.53. The Morgan fingerprint density at radius 2 is 1.97 bits per heavy atom.